The van der Waals surface area contributed by atoms with E-state index >= 15 is 0 Å². The van der Waals surface area contributed by atoms with Crippen LogP contribution in [0, 0.1) is 0 Å². The number of amides is 1. The molecule has 0 spiro atoms. The number of hydrogen-bond acceptors (Lipinski definition) is 4. The van der Waals surface area contributed by atoms with Crippen molar-refractivity contribution in [2.45, 2.75) is 0 Å². The van der Waals surface area contributed by atoms with Gasteiger partial charge in [0.1, 0.15) is 11.4 Å². The summed E-state index contributed by atoms with van der Waals surface area (Å²) >= 11 is 5.88. The van der Waals surface area contributed by atoms with Crippen molar-refractivity contribution in [3.05, 3.63) is 106 Å². The standard InChI is InChI=1S/C23H17ClN4O2/c24-16-8-6-15(7-9-16)21-25-14-20(23(30)28-21)22(29)27-19-12-10-18(11-13-19)26-17-4-2-1-3-5-17/h1-14,26H,(H,27,29)(H,25,28,30). The molecular formula is C23H17ClN4O2. The molecule has 148 valence electrons. The van der Waals surface area contributed by atoms with Crippen molar-refractivity contribution in [2.75, 3.05) is 10.6 Å². The van der Waals surface area contributed by atoms with Crippen molar-refractivity contribution >= 4 is 34.6 Å². The first-order valence-corrected chi connectivity index (χ1v) is 9.55. The Morgan fingerprint density at radius 3 is 2.13 bits per heavy atom. The van der Waals surface area contributed by atoms with Gasteiger partial charge in [-0.25, -0.2) is 4.98 Å². The lowest BCUT2D eigenvalue weighted by molar-refractivity contribution is 0.102. The zero-order chi connectivity index (χ0) is 20.9. The smallest absolute Gasteiger partial charge is 0.264 e. The number of rotatable bonds is 5. The summed E-state index contributed by atoms with van der Waals surface area (Å²) in [6.07, 6.45) is 1.27. The van der Waals surface area contributed by atoms with E-state index < -0.39 is 11.5 Å². The van der Waals surface area contributed by atoms with Gasteiger partial charge in [-0.05, 0) is 60.7 Å². The fourth-order valence-corrected chi connectivity index (χ4v) is 2.96. The minimum Gasteiger partial charge on any atom is -0.356 e. The normalized spacial score (nSPS) is 10.4. The van der Waals surface area contributed by atoms with Crippen LogP contribution in [0.2, 0.25) is 5.02 Å². The molecule has 1 aromatic heterocycles. The fraction of sp³-hybridized carbons (Fsp3) is 0. The molecule has 7 heteroatoms. The van der Waals surface area contributed by atoms with Crippen molar-refractivity contribution in [3.8, 4) is 11.4 Å². The summed E-state index contributed by atoms with van der Waals surface area (Å²) < 4.78 is 0. The molecule has 0 aliphatic rings. The lowest BCUT2D eigenvalue weighted by atomic mass is 10.2. The molecule has 1 heterocycles. The van der Waals surface area contributed by atoms with E-state index in [2.05, 4.69) is 20.6 Å². The molecule has 30 heavy (non-hydrogen) atoms. The second-order valence-corrected chi connectivity index (χ2v) is 6.94. The van der Waals surface area contributed by atoms with Crippen LogP contribution < -0.4 is 16.2 Å². The van der Waals surface area contributed by atoms with E-state index in [4.69, 9.17) is 11.6 Å². The number of H-pyrrole nitrogens is 1. The Kier molecular flexibility index (Phi) is 5.59. The quantitative estimate of drug-likeness (QED) is 0.423. The zero-order valence-electron chi connectivity index (χ0n) is 15.7. The van der Waals surface area contributed by atoms with Gasteiger partial charge in [0.05, 0.1) is 0 Å². The molecule has 6 nitrogen and oxygen atoms in total. The van der Waals surface area contributed by atoms with Gasteiger partial charge in [-0.1, -0.05) is 29.8 Å². The van der Waals surface area contributed by atoms with Crippen molar-refractivity contribution in [2.24, 2.45) is 0 Å². The molecule has 3 aromatic carbocycles. The Hall–Kier alpha value is -3.90. The molecule has 0 aliphatic heterocycles. The molecule has 0 bridgehead atoms. The molecule has 0 radical (unpaired) electrons. The number of hydrogen-bond donors (Lipinski definition) is 3. The average Bonchev–Trinajstić information content (AvgIpc) is 2.76. The van der Waals surface area contributed by atoms with Gasteiger partial charge in [0, 0.05) is 33.8 Å². The van der Waals surface area contributed by atoms with Crippen molar-refractivity contribution in [3.63, 3.8) is 0 Å². The van der Waals surface area contributed by atoms with Crippen LogP contribution in [0.15, 0.2) is 89.9 Å². The fourth-order valence-electron chi connectivity index (χ4n) is 2.83. The summed E-state index contributed by atoms with van der Waals surface area (Å²) in [6, 6.07) is 23.8. The van der Waals surface area contributed by atoms with E-state index in [1.165, 1.54) is 6.20 Å². The van der Waals surface area contributed by atoms with Crippen LogP contribution in [0.1, 0.15) is 10.4 Å². The van der Waals surface area contributed by atoms with Gasteiger partial charge < -0.3 is 15.6 Å². The highest BCUT2D eigenvalue weighted by Gasteiger charge is 2.13. The number of nitrogens with zero attached hydrogens (tertiary/aromatic N) is 1. The van der Waals surface area contributed by atoms with E-state index in [0.717, 1.165) is 11.4 Å². The predicted molar refractivity (Wildman–Crippen MR) is 119 cm³/mol. The van der Waals surface area contributed by atoms with Crippen LogP contribution >= 0.6 is 11.6 Å². The van der Waals surface area contributed by atoms with Gasteiger partial charge >= 0.3 is 0 Å². The molecule has 1 amide bonds. The third-order valence-electron chi connectivity index (χ3n) is 4.37. The van der Waals surface area contributed by atoms with Crippen LogP contribution in [0.5, 0.6) is 0 Å². The van der Waals surface area contributed by atoms with Gasteiger partial charge in [-0.15, -0.1) is 0 Å². The zero-order valence-corrected chi connectivity index (χ0v) is 16.5. The molecule has 4 aromatic rings. The minimum absolute atomic E-state index is 0.0702. The van der Waals surface area contributed by atoms with E-state index in [1.807, 2.05) is 42.5 Å². The lowest BCUT2D eigenvalue weighted by Crippen LogP contribution is -2.24. The summed E-state index contributed by atoms with van der Waals surface area (Å²) in [4.78, 5) is 31.7. The first-order valence-electron chi connectivity index (χ1n) is 9.17. The second-order valence-electron chi connectivity index (χ2n) is 6.50. The Morgan fingerprint density at radius 2 is 1.47 bits per heavy atom. The number of halogens is 1. The first kappa shape index (κ1) is 19.4. The van der Waals surface area contributed by atoms with Gasteiger partial charge in [-0.2, -0.15) is 0 Å². The summed E-state index contributed by atoms with van der Waals surface area (Å²) in [5.74, 6) is -0.167. The SMILES string of the molecule is O=C(Nc1ccc(Nc2ccccc2)cc1)c1cnc(-c2ccc(Cl)cc2)[nH]c1=O. The predicted octanol–water partition coefficient (Wildman–Crippen LogP) is 5.09. The van der Waals surface area contributed by atoms with Crippen molar-refractivity contribution in [1.29, 1.82) is 0 Å². The molecule has 0 unspecified atom stereocenters. The molecule has 0 saturated carbocycles. The highest BCUT2D eigenvalue weighted by atomic mass is 35.5. The summed E-state index contributed by atoms with van der Waals surface area (Å²) in [7, 11) is 0. The van der Waals surface area contributed by atoms with E-state index in [0.29, 0.717) is 22.1 Å². The highest BCUT2D eigenvalue weighted by molar-refractivity contribution is 6.30. The molecular weight excluding hydrogens is 400 g/mol. The van der Waals surface area contributed by atoms with Gasteiger partial charge in [0.2, 0.25) is 0 Å². The Labute approximate surface area is 177 Å². The number of anilines is 3. The van der Waals surface area contributed by atoms with Gasteiger partial charge in [0.25, 0.3) is 11.5 Å². The van der Waals surface area contributed by atoms with Crippen molar-refractivity contribution < 1.29 is 4.79 Å². The maximum Gasteiger partial charge on any atom is 0.264 e. The number of carbonyl (C=O) groups is 1. The van der Waals surface area contributed by atoms with Crippen LogP contribution in [0.4, 0.5) is 17.1 Å². The highest BCUT2D eigenvalue weighted by Crippen LogP contribution is 2.19. The van der Waals surface area contributed by atoms with Gasteiger partial charge in [0.15, 0.2) is 0 Å². The molecule has 0 atom stereocenters. The number of para-hydroxylation sites is 1. The van der Waals surface area contributed by atoms with Crippen molar-refractivity contribution in [1.82, 2.24) is 9.97 Å². The van der Waals surface area contributed by atoms with Crippen LogP contribution in [0.25, 0.3) is 11.4 Å². The monoisotopic (exact) mass is 416 g/mol. The second kappa shape index (κ2) is 8.63. The molecule has 4 rings (SSSR count). The van der Waals surface area contributed by atoms with E-state index in [9.17, 15) is 9.59 Å². The number of aromatic nitrogens is 2. The number of nitrogens with one attached hydrogen (secondary N) is 3. The Morgan fingerprint density at radius 1 is 0.833 bits per heavy atom. The van der Waals surface area contributed by atoms with E-state index in [-0.39, 0.29) is 5.56 Å². The Balaban J connectivity index is 1.46. The third kappa shape index (κ3) is 4.56. The maximum atomic E-state index is 12.5. The number of carbonyl (C=O) groups excluding carboxylic acids is 1. The third-order valence-corrected chi connectivity index (χ3v) is 4.62. The average molecular weight is 417 g/mol. The number of benzene rings is 3. The molecule has 0 saturated heterocycles. The van der Waals surface area contributed by atoms with Crippen LogP contribution in [-0.4, -0.2) is 15.9 Å². The van der Waals surface area contributed by atoms with E-state index in [1.54, 1.807) is 36.4 Å². The first-order chi connectivity index (χ1) is 14.6. The molecule has 0 aliphatic carbocycles. The lowest BCUT2D eigenvalue weighted by Gasteiger charge is -2.09. The summed E-state index contributed by atoms with van der Waals surface area (Å²) in [5, 5.41) is 6.56. The topological polar surface area (TPSA) is 86.9 Å². The molecule has 0 fully saturated rings. The van der Waals surface area contributed by atoms with Crippen LogP contribution in [-0.2, 0) is 0 Å². The van der Waals surface area contributed by atoms with Gasteiger partial charge in [-0.3, -0.25) is 9.59 Å². The number of aromatic amines is 1. The summed E-state index contributed by atoms with van der Waals surface area (Å²) in [6.45, 7) is 0. The largest absolute Gasteiger partial charge is 0.356 e. The maximum absolute atomic E-state index is 12.5. The minimum atomic E-state index is -0.532. The summed E-state index contributed by atoms with van der Waals surface area (Å²) in [5.41, 5.74) is 2.53. The Bertz CT molecular complexity index is 1220. The molecule has 3 N–H and O–H groups in total. The van der Waals surface area contributed by atoms with Crippen LogP contribution in [0.3, 0.4) is 0 Å².